The molecule has 2 unspecified atom stereocenters. The van der Waals surface area contributed by atoms with Gasteiger partial charge in [-0.25, -0.2) is 13.8 Å². The van der Waals surface area contributed by atoms with E-state index >= 15 is 0 Å². The summed E-state index contributed by atoms with van der Waals surface area (Å²) in [5.41, 5.74) is 1.40. The lowest BCUT2D eigenvalue weighted by atomic mass is 10.0. The number of likely N-dealkylation sites (tertiary alicyclic amines) is 1. The van der Waals surface area contributed by atoms with E-state index in [-0.39, 0.29) is 29.6 Å². The normalized spacial score (nSPS) is 16.2. The molecule has 0 bridgehead atoms. The van der Waals surface area contributed by atoms with Gasteiger partial charge in [0.15, 0.2) is 5.69 Å². The van der Waals surface area contributed by atoms with Crippen molar-refractivity contribution < 1.29 is 27.7 Å². The van der Waals surface area contributed by atoms with Gasteiger partial charge in [-0.15, -0.1) is 0 Å². The van der Waals surface area contributed by atoms with E-state index in [1.54, 1.807) is 18.7 Å². The minimum absolute atomic E-state index is 0.0221. The van der Waals surface area contributed by atoms with Gasteiger partial charge in [-0.2, -0.15) is 0 Å². The number of aryl methyl sites for hydroxylation is 1. The van der Waals surface area contributed by atoms with Crippen LogP contribution in [0.4, 0.5) is 8.78 Å². The molecule has 3 atom stereocenters. The van der Waals surface area contributed by atoms with E-state index < -0.39 is 35.5 Å². The molecule has 10 nitrogen and oxygen atoms in total. The van der Waals surface area contributed by atoms with Crippen LogP contribution in [0.3, 0.4) is 0 Å². The largest absolute Gasteiger partial charge is 0.361 e. The molecule has 0 spiro atoms. The minimum atomic E-state index is -1.23. The summed E-state index contributed by atoms with van der Waals surface area (Å²) in [7, 11) is 0. The van der Waals surface area contributed by atoms with Crippen molar-refractivity contribution in [1.82, 2.24) is 30.7 Å². The Kier molecular flexibility index (Phi) is 8.41. The Morgan fingerprint density at radius 1 is 1.12 bits per heavy atom. The number of carbonyl (C=O) groups is 3. The molecule has 5 rings (SSSR count). The third-order valence-electron chi connectivity index (χ3n) is 7.20. The first kappa shape index (κ1) is 28.7. The van der Waals surface area contributed by atoms with Crippen molar-refractivity contribution in [2.45, 2.75) is 51.2 Å². The molecule has 218 valence electrons. The smallest absolute Gasteiger partial charge is 0.274 e. The average molecular weight is 577 g/mol. The Morgan fingerprint density at radius 2 is 1.90 bits per heavy atom. The predicted octanol–water partition coefficient (Wildman–Crippen LogP) is 4.38. The summed E-state index contributed by atoms with van der Waals surface area (Å²) in [6, 6.07) is 12.2. The fourth-order valence-corrected chi connectivity index (χ4v) is 5.08. The van der Waals surface area contributed by atoms with E-state index in [2.05, 4.69) is 25.8 Å². The summed E-state index contributed by atoms with van der Waals surface area (Å²) in [6.45, 7) is 3.81. The topological polar surface area (TPSA) is 133 Å². The summed E-state index contributed by atoms with van der Waals surface area (Å²) in [6.07, 6.45) is 2.71. The van der Waals surface area contributed by atoms with Gasteiger partial charge < -0.3 is 25.0 Å². The number of H-pyrrole nitrogens is 1. The van der Waals surface area contributed by atoms with Gasteiger partial charge in [-0.3, -0.25) is 14.4 Å². The Hall–Kier alpha value is -4.87. The highest BCUT2D eigenvalue weighted by Gasteiger charge is 2.34. The second kappa shape index (κ2) is 12.3. The second-order valence-corrected chi connectivity index (χ2v) is 10.2. The highest BCUT2D eigenvalue weighted by Crippen LogP contribution is 2.32. The first-order valence-corrected chi connectivity index (χ1v) is 13.6. The number of hydrogen-bond donors (Lipinski definition) is 3. The van der Waals surface area contributed by atoms with Crippen LogP contribution in [0.25, 0.3) is 11.3 Å². The molecule has 0 aliphatic carbocycles. The summed E-state index contributed by atoms with van der Waals surface area (Å²) < 4.78 is 32.6. The van der Waals surface area contributed by atoms with Crippen LogP contribution in [0.15, 0.2) is 65.3 Å². The number of aromatic amines is 1. The number of amides is 3. The first-order chi connectivity index (χ1) is 20.2. The van der Waals surface area contributed by atoms with Crippen LogP contribution in [0.5, 0.6) is 0 Å². The van der Waals surface area contributed by atoms with Crippen molar-refractivity contribution in [3.05, 3.63) is 95.3 Å². The fraction of sp³-hybridized carbons (Fsp3) is 0.300. The highest BCUT2D eigenvalue weighted by molar-refractivity contribution is 5.97. The SMILES string of the molecule is Cc1cc(C(=O)NC(CC(=O)N2CCC[C@@H]2c2ccccc2)C(=O)NC(C)c2ncc(-c3ccc(F)cc3F)[nH]2)no1. The van der Waals surface area contributed by atoms with Gasteiger partial charge in [0.25, 0.3) is 5.91 Å². The Bertz CT molecular complexity index is 1590. The number of nitrogens with zero attached hydrogens (tertiary/aromatic N) is 3. The highest BCUT2D eigenvalue weighted by atomic mass is 19.1. The molecule has 0 saturated carbocycles. The van der Waals surface area contributed by atoms with Crippen LogP contribution in [-0.4, -0.2) is 50.3 Å². The third kappa shape index (κ3) is 6.37. The predicted molar refractivity (Wildman–Crippen MR) is 148 cm³/mol. The van der Waals surface area contributed by atoms with E-state index in [0.717, 1.165) is 30.5 Å². The number of rotatable bonds is 9. The number of carbonyl (C=O) groups excluding carboxylic acids is 3. The molecular formula is C30H30F2N6O4. The molecule has 1 aliphatic rings. The lowest BCUT2D eigenvalue weighted by molar-refractivity contribution is -0.135. The van der Waals surface area contributed by atoms with Crippen molar-refractivity contribution in [1.29, 1.82) is 0 Å². The molecule has 4 aromatic rings. The quantitative estimate of drug-likeness (QED) is 0.271. The zero-order chi connectivity index (χ0) is 29.8. The number of aromatic nitrogens is 3. The first-order valence-electron chi connectivity index (χ1n) is 13.6. The lowest BCUT2D eigenvalue weighted by Gasteiger charge is -2.27. The standard InChI is InChI=1S/C30H30F2N6O4/c1-17-13-24(37-42-17)30(41)36-23(15-27(39)38-12-6-9-26(38)19-7-4-3-5-8-19)29(40)34-18(2)28-33-16-25(35-28)21-11-10-20(31)14-22(21)32/h3-5,7-8,10-11,13-14,16,18,23,26H,6,9,12,15H2,1-2H3,(H,33,35)(H,34,40)(H,36,41)/t18?,23?,26-/m1/s1. The number of benzene rings is 2. The number of nitrogens with one attached hydrogen (secondary N) is 3. The van der Waals surface area contributed by atoms with Crippen LogP contribution < -0.4 is 10.6 Å². The van der Waals surface area contributed by atoms with Gasteiger partial charge in [-0.05, 0) is 44.4 Å². The average Bonchev–Trinajstić information content (AvgIpc) is 3.74. The van der Waals surface area contributed by atoms with Gasteiger partial charge >= 0.3 is 0 Å². The molecule has 12 heteroatoms. The molecule has 1 aliphatic heterocycles. The van der Waals surface area contributed by atoms with E-state index in [1.807, 2.05) is 30.3 Å². The number of halogens is 2. The van der Waals surface area contributed by atoms with Crippen molar-refractivity contribution in [3.8, 4) is 11.3 Å². The maximum atomic E-state index is 14.3. The van der Waals surface area contributed by atoms with Gasteiger partial charge in [0.05, 0.1) is 30.4 Å². The van der Waals surface area contributed by atoms with Crippen molar-refractivity contribution >= 4 is 17.7 Å². The van der Waals surface area contributed by atoms with Crippen LogP contribution in [0.1, 0.15) is 65.9 Å². The zero-order valence-electron chi connectivity index (χ0n) is 23.1. The van der Waals surface area contributed by atoms with E-state index in [1.165, 1.54) is 18.3 Å². The van der Waals surface area contributed by atoms with Crippen molar-refractivity contribution in [2.75, 3.05) is 6.54 Å². The molecule has 42 heavy (non-hydrogen) atoms. The van der Waals surface area contributed by atoms with Crippen LogP contribution in [-0.2, 0) is 9.59 Å². The van der Waals surface area contributed by atoms with E-state index in [0.29, 0.717) is 23.8 Å². The van der Waals surface area contributed by atoms with E-state index in [9.17, 15) is 23.2 Å². The molecule has 1 fully saturated rings. The summed E-state index contributed by atoms with van der Waals surface area (Å²) in [5.74, 6) is -2.32. The summed E-state index contributed by atoms with van der Waals surface area (Å²) in [4.78, 5) is 48.8. The van der Waals surface area contributed by atoms with E-state index in [4.69, 9.17) is 4.52 Å². The molecule has 3 amide bonds. The van der Waals surface area contributed by atoms with Crippen LogP contribution >= 0.6 is 0 Å². The molecule has 2 aromatic heterocycles. The number of imidazole rings is 1. The summed E-state index contributed by atoms with van der Waals surface area (Å²) >= 11 is 0. The summed E-state index contributed by atoms with van der Waals surface area (Å²) in [5, 5.41) is 9.10. The van der Waals surface area contributed by atoms with Gasteiger partial charge in [0.2, 0.25) is 11.8 Å². The van der Waals surface area contributed by atoms with Gasteiger partial charge in [0.1, 0.15) is 29.3 Å². The molecule has 2 aromatic carbocycles. The van der Waals surface area contributed by atoms with Crippen LogP contribution in [0, 0.1) is 18.6 Å². The maximum Gasteiger partial charge on any atom is 0.274 e. The van der Waals surface area contributed by atoms with Crippen molar-refractivity contribution in [3.63, 3.8) is 0 Å². The number of hydrogen-bond acceptors (Lipinski definition) is 6. The van der Waals surface area contributed by atoms with Gasteiger partial charge in [0, 0.05) is 24.2 Å². The monoisotopic (exact) mass is 576 g/mol. The molecule has 1 saturated heterocycles. The molecule has 3 heterocycles. The Morgan fingerprint density at radius 3 is 2.62 bits per heavy atom. The van der Waals surface area contributed by atoms with Gasteiger partial charge in [-0.1, -0.05) is 35.5 Å². The molecule has 3 N–H and O–H groups in total. The third-order valence-corrected chi connectivity index (χ3v) is 7.20. The maximum absolute atomic E-state index is 14.3. The lowest BCUT2D eigenvalue weighted by Crippen LogP contribution is -2.50. The van der Waals surface area contributed by atoms with Crippen molar-refractivity contribution in [2.24, 2.45) is 0 Å². The second-order valence-electron chi connectivity index (χ2n) is 10.2. The zero-order valence-corrected chi connectivity index (χ0v) is 23.1. The minimum Gasteiger partial charge on any atom is -0.361 e. The Labute approximate surface area is 240 Å². The molecular weight excluding hydrogens is 546 g/mol. The van der Waals surface area contributed by atoms with Crippen LogP contribution in [0.2, 0.25) is 0 Å². The Balaban J connectivity index is 1.32. The molecule has 0 radical (unpaired) electrons. The fourth-order valence-electron chi connectivity index (χ4n) is 5.08.